The van der Waals surface area contributed by atoms with Crippen LogP contribution >= 0.6 is 0 Å². The highest BCUT2D eigenvalue weighted by atomic mass is 16.5. The first-order valence-corrected chi connectivity index (χ1v) is 8.44. The monoisotopic (exact) mass is 357 g/mol. The first-order valence-electron chi connectivity index (χ1n) is 8.44. The summed E-state index contributed by atoms with van der Waals surface area (Å²) in [7, 11) is 0. The summed E-state index contributed by atoms with van der Waals surface area (Å²) in [6, 6.07) is 5.24. The fourth-order valence-electron chi connectivity index (χ4n) is 2.01. The second kappa shape index (κ2) is 12.5. The molecule has 0 saturated heterocycles. The molecule has 1 aromatic rings. The Morgan fingerprint density at radius 1 is 1.04 bits per heavy atom. The highest BCUT2D eigenvalue weighted by Gasteiger charge is 1.99. The van der Waals surface area contributed by atoms with Gasteiger partial charge in [-0.25, -0.2) is 0 Å². The number of phenolic OH excluding ortho intramolecular Hbond substituents is 1. The van der Waals surface area contributed by atoms with Crippen LogP contribution in [0.2, 0.25) is 0 Å². The number of allylic oxidation sites excluding steroid dienone is 4. The molecular weight excluding hydrogens is 330 g/mol. The molecule has 1 aliphatic rings. The van der Waals surface area contributed by atoms with Crippen molar-refractivity contribution in [1.82, 2.24) is 0 Å². The molecule has 0 aliphatic heterocycles. The largest absolute Gasteiger partial charge is 0.506 e. The highest BCUT2D eigenvalue weighted by Crippen LogP contribution is 2.20. The Morgan fingerprint density at radius 2 is 1.69 bits per heavy atom. The van der Waals surface area contributed by atoms with Crippen LogP contribution in [0.5, 0.6) is 5.75 Å². The average Bonchev–Trinajstić information content (AvgIpc) is 2.63. The number of benzene rings is 1. The van der Waals surface area contributed by atoms with Crippen LogP contribution in [-0.4, -0.2) is 36.4 Å². The molecular formula is C20H27N3O3. The fraction of sp³-hybridized carbons (Fsp3) is 0.300. The van der Waals surface area contributed by atoms with Crippen molar-refractivity contribution in [2.45, 2.75) is 19.3 Å². The molecule has 0 unspecified atom stereocenters. The Bertz CT molecular complexity index is 644. The van der Waals surface area contributed by atoms with Gasteiger partial charge in [0.05, 0.1) is 36.6 Å². The standard InChI is InChI=1S/C14H21NO3.C6H6N2/c1-2-17-8-3-4-9-18-10-7-12-5-6-14(16)13(15)11-12;7-5-3-1-2-4-6(5)8/h2,5-6,11,16H,1,3-4,7-10,15H2;1-4,7-8H. The fourth-order valence-corrected chi connectivity index (χ4v) is 2.01. The Morgan fingerprint density at radius 3 is 2.27 bits per heavy atom. The zero-order valence-electron chi connectivity index (χ0n) is 14.9. The summed E-state index contributed by atoms with van der Waals surface area (Å²) in [5.74, 6) is 0.127. The number of nitrogens with one attached hydrogen (secondary N) is 2. The van der Waals surface area contributed by atoms with Crippen LogP contribution in [0.1, 0.15) is 18.4 Å². The number of hydrogen-bond acceptors (Lipinski definition) is 6. The van der Waals surface area contributed by atoms with E-state index >= 15 is 0 Å². The second-order valence-corrected chi connectivity index (χ2v) is 5.55. The lowest BCUT2D eigenvalue weighted by atomic mass is 10.1. The number of nitrogens with two attached hydrogens (primary N) is 1. The van der Waals surface area contributed by atoms with Gasteiger partial charge in [0.25, 0.3) is 0 Å². The molecule has 6 nitrogen and oxygen atoms in total. The molecule has 0 radical (unpaired) electrons. The van der Waals surface area contributed by atoms with Crippen molar-refractivity contribution in [1.29, 1.82) is 10.8 Å². The molecule has 5 N–H and O–H groups in total. The van der Waals surface area contributed by atoms with Crippen molar-refractivity contribution in [2.75, 3.05) is 25.6 Å². The van der Waals surface area contributed by atoms with Gasteiger partial charge in [0.2, 0.25) is 0 Å². The summed E-state index contributed by atoms with van der Waals surface area (Å²) in [5.41, 5.74) is 7.66. The van der Waals surface area contributed by atoms with Gasteiger partial charge in [-0.2, -0.15) is 0 Å². The van der Waals surface area contributed by atoms with Crippen molar-refractivity contribution in [3.05, 3.63) is 60.9 Å². The second-order valence-electron chi connectivity index (χ2n) is 5.55. The number of phenols is 1. The molecule has 140 valence electrons. The molecule has 6 heteroatoms. The summed E-state index contributed by atoms with van der Waals surface area (Å²) in [5, 5.41) is 23.3. The van der Waals surface area contributed by atoms with Gasteiger partial charge in [-0.15, -0.1) is 0 Å². The smallest absolute Gasteiger partial charge is 0.138 e. The summed E-state index contributed by atoms with van der Waals surface area (Å²) < 4.78 is 10.5. The van der Waals surface area contributed by atoms with E-state index in [2.05, 4.69) is 6.58 Å². The molecule has 0 spiro atoms. The van der Waals surface area contributed by atoms with Crippen molar-refractivity contribution >= 4 is 17.1 Å². The van der Waals surface area contributed by atoms with E-state index in [0.717, 1.165) is 31.4 Å². The number of anilines is 1. The molecule has 0 bridgehead atoms. The van der Waals surface area contributed by atoms with E-state index in [1.165, 1.54) is 6.26 Å². The van der Waals surface area contributed by atoms with Gasteiger partial charge in [0.1, 0.15) is 5.75 Å². The minimum Gasteiger partial charge on any atom is -0.506 e. The molecule has 0 amide bonds. The van der Waals surface area contributed by atoms with E-state index < -0.39 is 0 Å². The maximum Gasteiger partial charge on any atom is 0.138 e. The number of ether oxygens (including phenoxy) is 2. The van der Waals surface area contributed by atoms with Crippen LogP contribution in [0.25, 0.3) is 0 Å². The van der Waals surface area contributed by atoms with Crippen LogP contribution in [-0.2, 0) is 15.9 Å². The zero-order valence-corrected chi connectivity index (χ0v) is 14.9. The minimum atomic E-state index is 0.127. The summed E-state index contributed by atoms with van der Waals surface area (Å²) >= 11 is 0. The quantitative estimate of drug-likeness (QED) is 0.178. The van der Waals surface area contributed by atoms with E-state index in [4.69, 9.17) is 26.0 Å². The zero-order chi connectivity index (χ0) is 19.2. The lowest BCUT2D eigenvalue weighted by Crippen LogP contribution is -2.06. The molecule has 0 aromatic heterocycles. The first kappa shape index (κ1) is 21.2. The summed E-state index contributed by atoms with van der Waals surface area (Å²) in [6.07, 6.45) is 10.9. The molecule has 0 saturated carbocycles. The Balaban J connectivity index is 0.000000350. The lowest BCUT2D eigenvalue weighted by Gasteiger charge is -2.06. The molecule has 0 heterocycles. The van der Waals surface area contributed by atoms with Gasteiger partial charge in [0.15, 0.2) is 0 Å². The topological polar surface area (TPSA) is 112 Å². The van der Waals surface area contributed by atoms with Gasteiger partial charge < -0.3 is 20.3 Å². The third-order valence-electron chi connectivity index (χ3n) is 3.47. The van der Waals surface area contributed by atoms with E-state index in [1.54, 1.807) is 36.4 Å². The van der Waals surface area contributed by atoms with Gasteiger partial charge in [-0.3, -0.25) is 10.8 Å². The van der Waals surface area contributed by atoms with Crippen molar-refractivity contribution in [3.63, 3.8) is 0 Å². The van der Waals surface area contributed by atoms with Gasteiger partial charge >= 0.3 is 0 Å². The maximum atomic E-state index is 9.28. The third kappa shape index (κ3) is 8.84. The minimum absolute atomic E-state index is 0.127. The third-order valence-corrected chi connectivity index (χ3v) is 3.47. The van der Waals surface area contributed by atoms with Crippen LogP contribution < -0.4 is 5.73 Å². The van der Waals surface area contributed by atoms with E-state index in [1.807, 2.05) is 6.07 Å². The van der Waals surface area contributed by atoms with E-state index in [9.17, 15) is 5.11 Å². The highest BCUT2D eigenvalue weighted by molar-refractivity contribution is 6.48. The number of nitrogen functional groups attached to an aromatic ring is 1. The first-order chi connectivity index (χ1) is 12.5. The normalized spacial score (nSPS) is 12.5. The predicted octanol–water partition coefficient (Wildman–Crippen LogP) is 3.63. The van der Waals surface area contributed by atoms with Gasteiger partial charge in [0, 0.05) is 6.61 Å². The summed E-state index contributed by atoms with van der Waals surface area (Å²) in [4.78, 5) is 0. The number of rotatable bonds is 9. The maximum absolute atomic E-state index is 9.28. The molecule has 1 aliphatic carbocycles. The van der Waals surface area contributed by atoms with Crippen molar-refractivity contribution < 1.29 is 14.6 Å². The molecule has 26 heavy (non-hydrogen) atoms. The molecule has 0 atom stereocenters. The average molecular weight is 357 g/mol. The van der Waals surface area contributed by atoms with E-state index in [0.29, 0.717) is 18.9 Å². The van der Waals surface area contributed by atoms with Crippen LogP contribution in [0.3, 0.4) is 0 Å². The SMILES string of the molecule is C=COCCCCOCCc1ccc(O)c(N)c1.N=C1C=CC=CC1=N. The Labute approximate surface area is 154 Å². The van der Waals surface area contributed by atoms with Crippen LogP contribution in [0.15, 0.2) is 55.3 Å². The van der Waals surface area contributed by atoms with E-state index in [-0.39, 0.29) is 17.2 Å². The Kier molecular flexibility index (Phi) is 10.2. The Hall–Kier alpha value is -2.86. The van der Waals surface area contributed by atoms with Gasteiger partial charge in [-0.1, -0.05) is 24.8 Å². The number of hydrogen-bond donors (Lipinski definition) is 4. The molecule has 2 rings (SSSR count). The van der Waals surface area contributed by atoms with Gasteiger partial charge in [-0.05, 0) is 49.1 Å². The number of aromatic hydroxyl groups is 1. The molecule has 0 fully saturated rings. The van der Waals surface area contributed by atoms with Crippen molar-refractivity contribution in [2.24, 2.45) is 0 Å². The van der Waals surface area contributed by atoms with Crippen LogP contribution in [0.4, 0.5) is 5.69 Å². The van der Waals surface area contributed by atoms with Crippen LogP contribution in [0, 0.1) is 10.8 Å². The molecule has 1 aromatic carbocycles. The lowest BCUT2D eigenvalue weighted by molar-refractivity contribution is 0.126. The van der Waals surface area contributed by atoms with Crippen molar-refractivity contribution in [3.8, 4) is 5.75 Å². The summed E-state index contributed by atoms with van der Waals surface area (Å²) in [6.45, 7) is 5.56. The predicted molar refractivity (Wildman–Crippen MR) is 106 cm³/mol. The number of unbranched alkanes of at least 4 members (excludes halogenated alkanes) is 1.